The first kappa shape index (κ1) is 18.0. The van der Waals surface area contributed by atoms with Crippen LogP contribution in [0.3, 0.4) is 0 Å². The molecule has 0 atom stereocenters. The average Bonchev–Trinajstić information content (AvgIpc) is 2.74. The zero-order valence-corrected chi connectivity index (χ0v) is 15.8. The molecule has 2 fully saturated rings. The third-order valence-corrected chi connectivity index (χ3v) is 5.18. The highest BCUT2D eigenvalue weighted by molar-refractivity contribution is 6.30. The van der Waals surface area contributed by atoms with Crippen LogP contribution in [0.4, 0.5) is 11.5 Å². The zero-order valence-electron chi connectivity index (χ0n) is 15.1. The van der Waals surface area contributed by atoms with E-state index in [-0.39, 0.29) is 5.91 Å². The molecule has 0 bridgehead atoms. The molecule has 2 aliphatic heterocycles. The van der Waals surface area contributed by atoms with Gasteiger partial charge in [0.05, 0.1) is 13.2 Å². The lowest BCUT2D eigenvalue weighted by Crippen LogP contribution is -2.49. The number of rotatable bonds is 3. The molecule has 3 heterocycles. The molecule has 2 aromatic rings. The third kappa shape index (κ3) is 4.14. The number of aromatic nitrogens is 2. The molecule has 1 amide bonds. The number of anilines is 2. The smallest absolute Gasteiger partial charge is 0.272 e. The molecule has 0 radical (unpaired) electrons. The predicted molar refractivity (Wildman–Crippen MR) is 105 cm³/mol. The lowest BCUT2D eigenvalue weighted by molar-refractivity contribution is 0.0740. The second-order valence-corrected chi connectivity index (χ2v) is 7.06. The molecule has 142 valence electrons. The van der Waals surface area contributed by atoms with Gasteiger partial charge in [-0.15, -0.1) is 0 Å². The lowest BCUT2D eigenvalue weighted by atomic mass is 10.2. The molecular weight excluding hydrogens is 366 g/mol. The SMILES string of the molecule is O=C(c1cc(N2CCOCC2)ncn1)N1CCN(c2cccc(Cl)c2)CC1. The molecule has 0 aliphatic carbocycles. The van der Waals surface area contributed by atoms with Crippen LogP contribution in [0, 0.1) is 0 Å². The van der Waals surface area contributed by atoms with E-state index in [4.69, 9.17) is 16.3 Å². The van der Waals surface area contributed by atoms with Crippen molar-refractivity contribution in [3.05, 3.63) is 47.4 Å². The molecule has 0 N–H and O–H groups in total. The second-order valence-electron chi connectivity index (χ2n) is 6.62. The first-order chi connectivity index (χ1) is 13.2. The first-order valence-electron chi connectivity index (χ1n) is 9.15. The Hall–Kier alpha value is -2.38. The van der Waals surface area contributed by atoms with Crippen LogP contribution in [0.2, 0.25) is 5.02 Å². The zero-order chi connectivity index (χ0) is 18.6. The largest absolute Gasteiger partial charge is 0.378 e. The summed E-state index contributed by atoms with van der Waals surface area (Å²) in [7, 11) is 0. The summed E-state index contributed by atoms with van der Waals surface area (Å²) >= 11 is 6.08. The van der Waals surface area contributed by atoms with Crippen LogP contribution >= 0.6 is 11.6 Å². The number of piperazine rings is 1. The summed E-state index contributed by atoms with van der Waals surface area (Å²) in [6.07, 6.45) is 1.47. The summed E-state index contributed by atoms with van der Waals surface area (Å²) in [5.41, 5.74) is 1.54. The molecule has 2 aliphatic rings. The fraction of sp³-hybridized carbons (Fsp3) is 0.421. The Kier molecular flexibility index (Phi) is 5.40. The minimum absolute atomic E-state index is 0.0438. The normalized spacial score (nSPS) is 17.9. The fourth-order valence-electron chi connectivity index (χ4n) is 3.43. The molecule has 0 spiro atoms. The number of hydrogen-bond donors (Lipinski definition) is 0. The monoisotopic (exact) mass is 387 g/mol. The highest BCUT2D eigenvalue weighted by Gasteiger charge is 2.24. The van der Waals surface area contributed by atoms with Crippen LogP contribution in [0.25, 0.3) is 0 Å². The topological polar surface area (TPSA) is 61.8 Å². The second kappa shape index (κ2) is 8.10. The Bertz CT molecular complexity index is 804. The highest BCUT2D eigenvalue weighted by atomic mass is 35.5. The summed E-state index contributed by atoms with van der Waals surface area (Å²) in [6, 6.07) is 9.60. The van der Waals surface area contributed by atoms with Gasteiger partial charge in [-0.2, -0.15) is 0 Å². The minimum atomic E-state index is -0.0438. The fourth-order valence-corrected chi connectivity index (χ4v) is 3.62. The van der Waals surface area contributed by atoms with Gasteiger partial charge in [0.1, 0.15) is 17.8 Å². The molecule has 1 aromatic carbocycles. The van der Waals surface area contributed by atoms with Gasteiger partial charge in [-0.25, -0.2) is 9.97 Å². The average molecular weight is 388 g/mol. The lowest BCUT2D eigenvalue weighted by Gasteiger charge is -2.36. The number of carbonyl (C=O) groups is 1. The molecule has 8 heteroatoms. The maximum absolute atomic E-state index is 12.9. The van der Waals surface area contributed by atoms with Crippen LogP contribution in [0.1, 0.15) is 10.5 Å². The molecular formula is C19H22ClN5O2. The third-order valence-electron chi connectivity index (χ3n) is 4.95. The highest BCUT2D eigenvalue weighted by Crippen LogP contribution is 2.21. The van der Waals surface area contributed by atoms with Crippen molar-refractivity contribution in [1.82, 2.24) is 14.9 Å². The van der Waals surface area contributed by atoms with E-state index in [1.165, 1.54) is 6.33 Å². The Balaban J connectivity index is 1.40. The van der Waals surface area contributed by atoms with Crippen molar-refractivity contribution in [3.8, 4) is 0 Å². The molecule has 7 nitrogen and oxygen atoms in total. The number of amides is 1. The number of nitrogens with zero attached hydrogens (tertiary/aromatic N) is 5. The standard InChI is InChI=1S/C19H22ClN5O2/c20-15-2-1-3-16(12-15)23-4-6-25(7-5-23)19(26)17-13-18(22-14-21-17)24-8-10-27-11-9-24/h1-3,12-14H,4-11H2. The van der Waals surface area contributed by atoms with E-state index in [2.05, 4.69) is 19.8 Å². The number of carbonyl (C=O) groups excluding carboxylic acids is 1. The maximum Gasteiger partial charge on any atom is 0.272 e. The summed E-state index contributed by atoms with van der Waals surface area (Å²) in [5.74, 6) is 0.742. The van der Waals surface area contributed by atoms with Gasteiger partial charge < -0.3 is 19.4 Å². The Morgan fingerprint density at radius 1 is 0.963 bits per heavy atom. The summed E-state index contributed by atoms with van der Waals surface area (Å²) < 4.78 is 5.37. The van der Waals surface area contributed by atoms with Crippen molar-refractivity contribution < 1.29 is 9.53 Å². The van der Waals surface area contributed by atoms with Crippen LogP contribution in [0.5, 0.6) is 0 Å². The molecule has 1 aromatic heterocycles. The number of ether oxygens (including phenoxy) is 1. The van der Waals surface area contributed by atoms with Crippen molar-refractivity contribution in [2.75, 3.05) is 62.3 Å². The molecule has 27 heavy (non-hydrogen) atoms. The van der Waals surface area contributed by atoms with E-state index in [0.717, 1.165) is 42.7 Å². The van der Waals surface area contributed by atoms with Gasteiger partial charge in [0.15, 0.2) is 0 Å². The van der Waals surface area contributed by atoms with Crippen molar-refractivity contribution in [2.45, 2.75) is 0 Å². The van der Waals surface area contributed by atoms with E-state index in [9.17, 15) is 4.79 Å². The quantitative estimate of drug-likeness (QED) is 0.802. The van der Waals surface area contributed by atoms with Crippen molar-refractivity contribution in [3.63, 3.8) is 0 Å². The van der Waals surface area contributed by atoms with E-state index >= 15 is 0 Å². The van der Waals surface area contributed by atoms with Crippen molar-refractivity contribution in [2.24, 2.45) is 0 Å². The van der Waals surface area contributed by atoms with Gasteiger partial charge in [0, 0.05) is 56.0 Å². The van der Waals surface area contributed by atoms with Crippen LogP contribution < -0.4 is 9.80 Å². The summed E-state index contributed by atoms with van der Waals surface area (Å²) in [6.45, 7) is 5.77. The maximum atomic E-state index is 12.9. The first-order valence-corrected chi connectivity index (χ1v) is 9.53. The number of hydrogen-bond acceptors (Lipinski definition) is 6. The Morgan fingerprint density at radius 2 is 1.74 bits per heavy atom. The van der Waals surface area contributed by atoms with E-state index in [1.807, 2.05) is 29.2 Å². The van der Waals surface area contributed by atoms with Crippen molar-refractivity contribution >= 4 is 29.0 Å². The molecule has 2 saturated heterocycles. The van der Waals surface area contributed by atoms with E-state index in [1.54, 1.807) is 6.07 Å². The number of halogens is 1. The summed E-state index contributed by atoms with van der Waals surface area (Å²) in [5, 5.41) is 0.725. The minimum Gasteiger partial charge on any atom is -0.378 e. The van der Waals surface area contributed by atoms with Crippen LogP contribution in [-0.2, 0) is 4.74 Å². The summed E-state index contributed by atoms with van der Waals surface area (Å²) in [4.78, 5) is 27.6. The van der Waals surface area contributed by atoms with Gasteiger partial charge in [-0.3, -0.25) is 4.79 Å². The van der Waals surface area contributed by atoms with Gasteiger partial charge in [-0.05, 0) is 18.2 Å². The number of morpholine rings is 1. The van der Waals surface area contributed by atoms with Gasteiger partial charge in [-0.1, -0.05) is 17.7 Å². The molecule has 4 rings (SSSR count). The van der Waals surface area contributed by atoms with Crippen LogP contribution in [-0.4, -0.2) is 73.3 Å². The van der Waals surface area contributed by atoms with Gasteiger partial charge in [0.2, 0.25) is 0 Å². The van der Waals surface area contributed by atoms with Crippen molar-refractivity contribution in [1.29, 1.82) is 0 Å². The Morgan fingerprint density at radius 3 is 2.48 bits per heavy atom. The van der Waals surface area contributed by atoms with Gasteiger partial charge >= 0.3 is 0 Å². The molecule has 0 unspecified atom stereocenters. The Labute approximate surface area is 163 Å². The molecule has 0 saturated carbocycles. The van der Waals surface area contributed by atoms with Gasteiger partial charge in [0.25, 0.3) is 5.91 Å². The van der Waals surface area contributed by atoms with E-state index < -0.39 is 0 Å². The van der Waals surface area contributed by atoms with Crippen LogP contribution in [0.15, 0.2) is 36.7 Å². The predicted octanol–water partition coefficient (Wildman–Crippen LogP) is 1.93. The number of benzene rings is 1. The van der Waals surface area contributed by atoms with E-state index in [0.29, 0.717) is 32.0 Å².